The highest BCUT2D eigenvalue weighted by molar-refractivity contribution is 6.26. The van der Waals surface area contributed by atoms with Gasteiger partial charge in [0.25, 0.3) is 17.4 Å². The number of nitrogens with one attached hydrogen (secondary N) is 1. The molecule has 1 aliphatic heterocycles. The molecule has 2 heterocycles. The van der Waals surface area contributed by atoms with E-state index in [1.54, 1.807) is 42.5 Å². The van der Waals surface area contributed by atoms with Gasteiger partial charge in [0.2, 0.25) is 5.88 Å². The van der Waals surface area contributed by atoms with Crippen molar-refractivity contribution in [2.75, 3.05) is 0 Å². The molecule has 2 amide bonds. The van der Waals surface area contributed by atoms with Gasteiger partial charge in [-0.05, 0) is 53.6 Å². The Labute approximate surface area is 191 Å². The van der Waals surface area contributed by atoms with E-state index in [-0.39, 0.29) is 5.56 Å². The van der Waals surface area contributed by atoms with Gasteiger partial charge in [0.1, 0.15) is 5.56 Å². The van der Waals surface area contributed by atoms with Crippen LogP contribution in [-0.2, 0) is 12.8 Å². The van der Waals surface area contributed by atoms with E-state index >= 15 is 0 Å². The molecule has 9 heteroatoms. The van der Waals surface area contributed by atoms with E-state index in [0.29, 0.717) is 27.2 Å². The van der Waals surface area contributed by atoms with Crippen molar-refractivity contribution < 1.29 is 14.7 Å². The van der Waals surface area contributed by atoms with Crippen LogP contribution >= 0.6 is 0 Å². The van der Waals surface area contributed by atoms with Gasteiger partial charge < -0.3 is 5.11 Å². The zero-order chi connectivity index (χ0) is 23.6. The summed E-state index contributed by atoms with van der Waals surface area (Å²) in [5.74, 6) is -1.92. The highest BCUT2D eigenvalue weighted by atomic mass is 16.3. The van der Waals surface area contributed by atoms with Gasteiger partial charge in [-0.2, -0.15) is 10.1 Å². The summed E-state index contributed by atoms with van der Waals surface area (Å²) in [5, 5.41) is 16.9. The van der Waals surface area contributed by atoms with Gasteiger partial charge in [-0.1, -0.05) is 30.3 Å². The fourth-order valence-corrected chi connectivity index (χ4v) is 4.70. The normalized spacial score (nSPS) is 14.5. The molecule has 0 spiro atoms. The minimum absolute atomic E-state index is 0.318. The second-order valence-corrected chi connectivity index (χ2v) is 8.13. The number of hydrogen-bond donors (Lipinski definition) is 2. The second-order valence-electron chi connectivity index (χ2n) is 8.13. The molecule has 3 aromatic carbocycles. The summed E-state index contributed by atoms with van der Waals surface area (Å²) in [6, 6.07) is 15.4. The number of amides is 2. The monoisotopic (exact) mass is 452 g/mol. The number of benzene rings is 3. The molecule has 0 saturated carbocycles. The van der Waals surface area contributed by atoms with Crippen molar-refractivity contribution in [1.82, 2.24) is 14.6 Å². The molecule has 6 rings (SSSR count). The summed E-state index contributed by atoms with van der Waals surface area (Å²) in [5.41, 5.74) is 1.11. The molecule has 0 atom stereocenters. The van der Waals surface area contributed by atoms with E-state index in [1.165, 1.54) is 0 Å². The Morgan fingerprint density at radius 2 is 1.44 bits per heavy atom. The van der Waals surface area contributed by atoms with Crippen LogP contribution in [0.1, 0.15) is 37.4 Å². The van der Waals surface area contributed by atoms with E-state index < -0.39 is 28.9 Å². The Bertz CT molecular complexity index is 1640. The van der Waals surface area contributed by atoms with E-state index in [4.69, 9.17) is 0 Å². The fraction of sp³-hybridized carbons (Fsp3) is 0.0800. The highest BCUT2D eigenvalue weighted by Gasteiger charge is 2.35. The molecule has 0 radical (unpaired) electrons. The molecule has 2 N–H and O–H groups in total. The van der Waals surface area contributed by atoms with Crippen LogP contribution in [0.5, 0.6) is 5.88 Å². The number of hydrogen-bond acceptors (Lipinski definition) is 6. The molecular formula is C25H16N4O5. The summed E-state index contributed by atoms with van der Waals surface area (Å²) in [7, 11) is 0. The topological polar surface area (TPSA) is 125 Å². The van der Waals surface area contributed by atoms with Crippen molar-refractivity contribution in [3.8, 4) is 11.6 Å². The number of aromatic hydroxyl groups is 1. The fourth-order valence-electron chi connectivity index (χ4n) is 4.70. The number of rotatable bonds is 3. The lowest BCUT2D eigenvalue weighted by Crippen LogP contribution is -2.37. The maximum Gasteiger partial charge on any atom is 0.335 e. The average molecular weight is 452 g/mol. The summed E-state index contributed by atoms with van der Waals surface area (Å²) in [6.45, 7) is 0. The van der Waals surface area contributed by atoms with Crippen LogP contribution in [0, 0.1) is 0 Å². The molecule has 1 aromatic heterocycles. The van der Waals surface area contributed by atoms with Crippen molar-refractivity contribution in [3.05, 3.63) is 103 Å². The molecule has 34 heavy (non-hydrogen) atoms. The van der Waals surface area contributed by atoms with Gasteiger partial charge in [0.15, 0.2) is 0 Å². The number of H-pyrrole nitrogens is 1. The zero-order valence-corrected chi connectivity index (χ0v) is 17.6. The maximum absolute atomic E-state index is 13.2. The quantitative estimate of drug-likeness (QED) is 0.364. The second kappa shape index (κ2) is 7.11. The number of aromatic nitrogens is 2. The van der Waals surface area contributed by atoms with Crippen LogP contribution in [0.25, 0.3) is 16.5 Å². The third kappa shape index (κ3) is 2.70. The highest BCUT2D eigenvalue weighted by Crippen LogP contribution is 2.38. The Kier molecular flexibility index (Phi) is 4.15. The molecule has 0 saturated heterocycles. The minimum atomic E-state index is -0.905. The Hall–Kier alpha value is -4.79. The third-order valence-corrected chi connectivity index (χ3v) is 6.28. The van der Waals surface area contributed by atoms with Crippen LogP contribution in [-0.4, -0.2) is 37.7 Å². The van der Waals surface area contributed by atoms with Crippen molar-refractivity contribution in [3.63, 3.8) is 0 Å². The largest absolute Gasteiger partial charge is 0.493 e. The van der Waals surface area contributed by atoms with Gasteiger partial charge in [-0.15, -0.1) is 0 Å². The van der Waals surface area contributed by atoms with Crippen LogP contribution in [0.3, 0.4) is 0 Å². The van der Waals surface area contributed by atoms with Crippen LogP contribution in [0.2, 0.25) is 0 Å². The van der Waals surface area contributed by atoms with E-state index in [1.807, 2.05) is 12.1 Å². The van der Waals surface area contributed by atoms with Crippen LogP contribution < -0.4 is 11.2 Å². The van der Waals surface area contributed by atoms with Crippen LogP contribution in [0.15, 0.2) is 69.3 Å². The average Bonchev–Trinajstić information content (AvgIpc) is 3.26. The lowest BCUT2D eigenvalue weighted by Gasteiger charge is -2.23. The predicted molar refractivity (Wildman–Crippen MR) is 124 cm³/mol. The summed E-state index contributed by atoms with van der Waals surface area (Å²) in [6.07, 6.45) is 2.63. The number of aromatic amines is 1. The standard InChI is InChI=1S/C25H16N4O5/c30-21-18(22(31)28(25(34)27-21)15-4-2-1-3-5-15)12-26-29-23(32)16-10-8-13-6-7-14-9-11-17(24(29)33)20(16)19(13)14/h1-5,8-12,31H,6-7H2,(H,27,30,34)/b26-12+. The molecule has 0 bridgehead atoms. The predicted octanol–water partition coefficient (Wildman–Crippen LogP) is 2.11. The maximum atomic E-state index is 13.2. The number of hydrazone groups is 1. The molecule has 0 unspecified atom stereocenters. The number of carbonyl (C=O) groups is 2. The smallest absolute Gasteiger partial charge is 0.335 e. The van der Waals surface area contributed by atoms with Crippen molar-refractivity contribution in [2.45, 2.75) is 12.8 Å². The summed E-state index contributed by atoms with van der Waals surface area (Å²) >= 11 is 0. The van der Waals surface area contributed by atoms with Gasteiger partial charge in [-0.25, -0.2) is 9.36 Å². The van der Waals surface area contributed by atoms with Crippen LogP contribution in [0.4, 0.5) is 0 Å². The summed E-state index contributed by atoms with van der Waals surface area (Å²) in [4.78, 5) is 53.2. The molecule has 1 aliphatic carbocycles. The van der Waals surface area contributed by atoms with Gasteiger partial charge in [0, 0.05) is 5.39 Å². The molecule has 4 aromatic rings. The third-order valence-electron chi connectivity index (χ3n) is 6.28. The Morgan fingerprint density at radius 3 is 2.06 bits per heavy atom. The number of nitrogens with zero attached hydrogens (tertiary/aromatic N) is 3. The SMILES string of the molecule is O=C1c2ccc3c4c(ccc(c24)C(=O)N1/N=C/c1c(O)n(-c2ccccc2)c(=O)[nH]c1=O)CC3. The first-order valence-electron chi connectivity index (χ1n) is 10.6. The van der Waals surface area contributed by atoms with E-state index in [9.17, 15) is 24.3 Å². The van der Waals surface area contributed by atoms with Crippen molar-refractivity contribution in [2.24, 2.45) is 5.10 Å². The van der Waals surface area contributed by atoms with E-state index in [0.717, 1.165) is 40.1 Å². The number of carbonyl (C=O) groups excluding carboxylic acids is 2. The lowest BCUT2D eigenvalue weighted by atomic mass is 9.92. The number of aryl methyl sites for hydroxylation is 2. The van der Waals surface area contributed by atoms with E-state index in [2.05, 4.69) is 10.1 Å². The minimum Gasteiger partial charge on any atom is -0.493 e. The number of imide groups is 1. The number of para-hydroxylation sites is 1. The zero-order valence-electron chi connectivity index (χ0n) is 17.6. The lowest BCUT2D eigenvalue weighted by molar-refractivity contribution is 0.0616. The molecule has 2 aliphatic rings. The molecular weight excluding hydrogens is 436 g/mol. The Balaban J connectivity index is 1.46. The molecule has 166 valence electrons. The first-order valence-corrected chi connectivity index (χ1v) is 10.6. The summed E-state index contributed by atoms with van der Waals surface area (Å²) < 4.78 is 0.900. The van der Waals surface area contributed by atoms with Gasteiger partial charge in [-0.3, -0.25) is 19.4 Å². The first kappa shape index (κ1) is 19.9. The van der Waals surface area contributed by atoms with Gasteiger partial charge >= 0.3 is 5.69 Å². The van der Waals surface area contributed by atoms with Gasteiger partial charge in [0.05, 0.1) is 23.0 Å². The van der Waals surface area contributed by atoms with Crippen molar-refractivity contribution in [1.29, 1.82) is 0 Å². The molecule has 9 nitrogen and oxygen atoms in total. The molecule has 0 fully saturated rings. The van der Waals surface area contributed by atoms with Crippen molar-refractivity contribution >= 4 is 28.8 Å². The first-order chi connectivity index (χ1) is 16.5. The Morgan fingerprint density at radius 1 is 0.824 bits per heavy atom.